The van der Waals surface area contributed by atoms with Crippen molar-refractivity contribution in [1.29, 1.82) is 0 Å². The van der Waals surface area contributed by atoms with Crippen molar-refractivity contribution in [3.8, 4) is 5.75 Å². The van der Waals surface area contributed by atoms with Crippen LogP contribution in [0.15, 0.2) is 77.9 Å². The number of morpholine rings is 1. The van der Waals surface area contributed by atoms with Gasteiger partial charge < -0.3 is 24.4 Å². The van der Waals surface area contributed by atoms with Gasteiger partial charge in [-0.2, -0.15) is 0 Å². The van der Waals surface area contributed by atoms with E-state index < -0.39 is 12.3 Å². The highest BCUT2D eigenvalue weighted by Crippen LogP contribution is 2.36. The minimum atomic E-state index is -0.581. The van der Waals surface area contributed by atoms with Gasteiger partial charge in [0.2, 0.25) is 0 Å². The Kier molecular flexibility index (Phi) is 9.85. The number of nitrogens with zero attached hydrogens (tertiary/aromatic N) is 5. The van der Waals surface area contributed by atoms with Crippen molar-refractivity contribution in [2.24, 2.45) is 5.11 Å². The fourth-order valence-corrected chi connectivity index (χ4v) is 7.16. The molecule has 0 spiro atoms. The summed E-state index contributed by atoms with van der Waals surface area (Å²) in [6, 6.07) is 22.6. The van der Waals surface area contributed by atoms with E-state index in [9.17, 15) is 15.1 Å². The molecule has 0 aromatic heterocycles. The van der Waals surface area contributed by atoms with Crippen LogP contribution < -0.4 is 10.1 Å². The smallest absolute Gasteiger partial charge is 0.254 e. The number of methoxy groups -OCH3 is 2. The third-order valence-electron chi connectivity index (χ3n) is 9.43. The number of ether oxygens (including phenoxy) is 3. The fraction of sp³-hybridized carbons (Fsp3) is 0.429. The highest BCUT2D eigenvalue weighted by atomic mass is 16.5. The van der Waals surface area contributed by atoms with Crippen molar-refractivity contribution in [1.82, 2.24) is 15.1 Å². The molecule has 2 saturated heterocycles. The molecule has 240 valence electrons. The van der Waals surface area contributed by atoms with E-state index in [2.05, 4.69) is 32.4 Å². The summed E-state index contributed by atoms with van der Waals surface area (Å²) in [5.74, 6) is 0.367. The Morgan fingerprint density at radius 2 is 1.61 bits per heavy atom. The summed E-state index contributed by atoms with van der Waals surface area (Å²) in [4.78, 5) is 33.7. The molecule has 0 radical (unpaired) electrons. The van der Waals surface area contributed by atoms with Gasteiger partial charge in [0.15, 0.2) is 0 Å². The lowest BCUT2D eigenvalue weighted by molar-refractivity contribution is -0.0604. The van der Waals surface area contributed by atoms with Crippen molar-refractivity contribution in [2.45, 2.75) is 56.1 Å². The molecule has 3 aromatic rings. The normalized spacial score (nSPS) is 20.1. The second kappa shape index (κ2) is 14.3. The van der Waals surface area contributed by atoms with Gasteiger partial charge in [0.1, 0.15) is 12.0 Å². The van der Waals surface area contributed by atoms with Gasteiger partial charge in [0.05, 0.1) is 38.4 Å². The van der Waals surface area contributed by atoms with Gasteiger partial charge in [-0.15, -0.1) is 0 Å². The molecule has 2 fully saturated rings. The summed E-state index contributed by atoms with van der Waals surface area (Å²) in [5, 5.41) is 7.03. The Morgan fingerprint density at radius 3 is 2.24 bits per heavy atom. The summed E-state index contributed by atoms with van der Waals surface area (Å²) in [6.45, 7) is 1.61. The maximum Gasteiger partial charge on any atom is 0.254 e. The first-order valence-corrected chi connectivity index (χ1v) is 15.8. The van der Waals surface area contributed by atoms with Crippen LogP contribution in [0, 0.1) is 0 Å². The first-order chi connectivity index (χ1) is 22.5. The molecular formula is C35H40N6O5. The largest absolute Gasteiger partial charge is 0.496 e. The lowest BCUT2D eigenvalue weighted by Gasteiger charge is -2.37. The molecule has 4 atom stereocenters. The highest BCUT2D eigenvalue weighted by molar-refractivity contribution is 5.98. The number of para-hydroxylation sites is 1. The predicted molar refractivity (Wildman–Crippen MR) is 173 cm³/mol. The number of carbonyl (C=O) groups excluding carboxylic acids is 2. The molecule has 6 rings (SSSR count). The number of hydrogen-bond acceptors (Lipinski definition) is 7. The molecule has 46 heavy (non-hydrogen) atoms. The number of amides is 2. The van der Waals surface area contributed by atoms with Crippen LogP contribution in [0.4, 0.5) is 0 Å². The van der Waals surface area contributed by atoms with Crippen LogP contribution >= 0.6 is 0 Å². The van der Waals surface area contributed by atoms with Crippen LogP contribution in [0.2, 0.25) is 0 Å². The molecule has 2 amide bonds. The molecule has 3 aliphatic rings. The molecule has 1 N–H and O–H groups in total. The monoisotopic (exact) mass is 624 g/mol. The van der Waals surface area contributed by atoms with Gasteiger partial charge >= 0.3 is 0 Å². The maximum atomic E-state index is 13.2. The maximum absolute atomic E-state index is 13.2. The molecule has 3 aromatic carbocycles. The van der Waals surface area contributed by atoms with Crippen LogP contribution in [-0.2, 0) is 22.3 Å². The molecule has 2 heterocycles. The average Bonchev–Trinajstić information content (AvgIpc) is 3.63. The second-order valence-corrected chi connectivity index (χ2v) is 12.1. The van der Waals surface area contributed by atoms with Gasteiger partial charge in [-0.3, -0.25) is 14.5 Å². The molecule has 1 aliphatic carbocycles. The van der Waals surface area contributed by atoms with Crippen molar-refractivity contribution in [2.75, 3.05) is 40.5 Å². The van der Waals surface area contributed by atoms with Gasteiger partial charge in [0.25, 0.3) is 11.8 Å². The Bertz CT molecular complexity index is 1550. The topological polar surface area (TPSA) is 129 Å². The molecule has 2 bridgehead atoms. The lowest BCUT2D eigenvalue weighted by atomic mass is 10.1. The number of rotatable bonds is 12. The number of carbonyl (C=O) groups is 2. The van der Waals surface area contributed by atoms with Crippen LogP contribution in [0.3, 0.4) is 0 Å². The Balaban J connectivity index is 1.16. The number of fused-ring (bicyclic) bond motifs is 3. The number of nitrogens with one attached hydrogen (secondary N) is 1. The SMILES string of the molecule is COc1ccccc1C(OC)N(CC(CNC(=O)c1ccc(C(=O)N2C3CCC2COC3)cc1)N=[N+]=[N-])C1Cc2ccccc2C1. The summed E-state index contributed by atoms with van der Waals surface area (Å²) in [5.41, 5.74) is 13.9. The minimum absolute atomic E-state index is 0.0249. The first kappa shape index (κ1) is 31.6. The molecule has 2 aliphatic heterocycles. The molecule has 11 nitrogen and oxygen atoms in total. The van der Waals surface area contributed by atoms with E-state index in [1.807, 2.05) is 41.3 Å². The quantitative estimate of drug-likeness (QED) is 0.132. The zero-order chi connectivity index (χ0) is 32.0. The van der Waals surface area contributed by atoms with Crippen molar-refractivity contribution >= 4 is 11.8 Å². The summed E-state index contributed by atoms with van der Waals surface area (Å²) in [6.07, 6.45) is 3.07. The van der Waals surface area contributed by atoms with Gasteiger partial charge in [-0.1, -0.05) is 47.6 Å². The molecule has 4 unspecified atom stereocenters. The van der Waals surface area contributed by atoms with E-state index >= 15 is 0 Å². The second-order valence-electron chi connectivity index (χ2n) is 12.1. The van der Waals surface area contributed by atoms with E-state index in [-0.39, 0.29) is 36.5 Å². The number of hydrogen-bond donors (Lipinski definition) is 1. The summed E-state index contributed by atoms with van der Waals surface area (Å²) < 4.78 is 17.4. The van der Waals surface area contributed by atoms with Crippen molar-refractivity contribution < 1.29 is 23.8 Å². The fourth-order valence-electron chi connectivity index (χ4n) is 7.16. The zero-order valence-electron chi connectivity index (χ0n) is 26.2. The van der Waals surface area contributed by atoms with Crippen LogP contribution in [0.5, 0.6) is 5.75 Å². The highest BCUT2D eigenvalue weighted by Gasteiger charge is 2.40. The average molecular weight is 625 g/mol. The van der Waals surface area contributed by atoms with Crippen molar-refractivity contribution in [3.63, 3.8) is 0 Å². The third-order valence-corrected chi connectivity index (χ3v) is 9.43. The van der Waals surface area contributed by atoms with E-state index in [4.69, 9.17) is 14.2 Å². The van der Waals surface area contributed by atoms with Gasteiger partial charge in [-0.05, 0) is 72.7 Å². The third kappa shape index (κ3) is 6.59. The van der Waals surface area contributed by atoms with Crippen LogP contribution in [0.25, 0.3) is 10.4 Å². The van der Waals surface area contributed by atoms with E-state index in [0.29, 0.717) is 36.6 Å². The Morgan fingerprint density at radius 1 is 0.978 bits per heavy atom. The predicted octanol–water partition coefficient (Wildman–Crippen LogP) is 4.92. The summed E-state index contributed by atoms with van der Waals surface area (Å²) in [7, 11) is 3.29. The number of benzene rings is 3. The standard InChI is InChI=1S/C35H40N6O5/c1-44-32-10-6-5-9-31(32)35(45-2)40(30-17-25-7-3-4-8-26(25)18-30)20-27(38-39-36)19-37-33(42)23-11-13-24(14-12-23)34(43)41-28-15-16-29(41)22-46-21-28/h3-14,27-30,35H,15-22H2,1-2H3,(H,37,42). The molecule has 11 heteroatoms. The van der Waals surface area contributed by atoms with Gasteiger partial charge in [-0.25, -0.2) is 0 Å². The first-order valence-electron chi connectivity index (χ1n) is 15.8. The zero-order valence-corrected chi connectivity index (χ0v) is 26.2. The summed E-state index contributed by atoms with van der Waals surface area (Å²) >= 11 is 0. The van der Waals surface area contributed by atoms with Crippen molar-refractivity contribution in [3.05, 3.63) is 111 Å². The van der Waals surface area contributed by atoms with Crippen LogP contribution in [-0.4, -0.2) is 86.3 Å². The van der Waals surface area contributed by atoms with Crippen LogP contribution in [0.1, 0.15) is 56.5 Å². The van der Waals surface area contributed by atoms with Gasteiger partial charge in [0, 0.05) is 47.8 Å². The minimum Gasteiger partial charge on any atom is -0.496 e. The van der Waals surface area contributed by atoms with E-state index in [1.54, 1.807) is 38.5 Å². The number of azide groups is 1. The Hall–Kier alpha value is -4.41. The molecule has 0 saturated carbocycles. The lowest BCUT2D eigenvalue weighted by Crippen LogP contribution is -2.49. The van der Waals surface area contributed by atoms with E-state index in [1.165, 1.54) is 11.1 Å². The van der Waals surface area contributed by atoms with E-state index in [0.717, 1.165) is 31.2 Å². The molecular weight excluding hydrogens is 584 g/mol. The Labute approximate surface area is 269 Å².